The third kappa shape index (κ3) is 4.09. The molecule has 2 aromatic carbocycles. The van der Waals surface area contributed by atoms with E-state index in [1.54, 1.807) is 12.1 Å². The molecule has 2 aliphatic rings. The molecule has 31 heavy (non-hydrogen) atoms. The van der Waals surface area contributed by atoms with Crippen LogP contribution in [0.3, 0.4) is 0 Å². The van der Waals surface area contributed by atoms with Gasteiger partial charge in [0.25, 0.3) is 0 Å². The molecule has 2 bridgehead atoms. The van der Waals surface area contributed by atoms with E-state index >= 15 is 0 Å². The van der Waals surface area contributed by atoms with Crippen molar-refractivity contribution in [1.82, 2.24) is 0 Å². The fraction of sp³-hybridized carbons (Fsp3) is 0.435. The number of fused-ring (bicyclic) bond motifs is 2. The number of aliphatic hydroxyl groups is 3. The molecule has 2 aromatic rings. The minimum absolute atomic E-state index is 0.0807. The molecule has 0 radical (unpaired) electrons. The summed E-state index contributed by atoms with van der Waals surface area (Å²) in [6.07, 6.45) is -4.15. The average Bonchev–Trinajstić information content (AvgIpc) is 3.21. The molecule has 8 heteroatoms. The summed E-state index contributed by atoms with van der Waals surface area (Å²) in [6.45, 7) is 4.37. The maximum Gasteiger partial charge on any atom is 0.225 e. The SMILES string of the molecule is CCON=C(C)c1ccc(Cc2cc(C34OCC(O3)C(O)C(O)C4O)ccc2Cl)cc1. The van der Waals surface area contributed by atoms with Crippen molar-refractivity contribution in [2.75, 3.05) is 13.2 Å². The number of ether oxygens (including phenoxy) is 2. The summed E-state index contributed by atoms with van der Waals surface area (Å²) >= 11 is 6.44. The Hall–Kier alpha value is -2.00. The number of benzene rings is 2. The van der Waals surface area contributed by atoms with Gasteiger partial charge in [0.05, 0.1) is 12.3 Å². The molecule has 2 saturated heterocycles. The zero-order valence-electron chi connectivity index (χ0n) is 17.4. The lowest BCUT2D eigenvalue weighted by Gasteiger charge is -2.41. The zero-order valence-corrected chi connectivity index (χ0v) is 18.1. The van der Waals surface area contributed by atoms with Gasteiger partial charge in [-0.3, -0.25) is 0 Å². The van der Waals surface area contributed by atoms with Crippen LogP contribution in [0.5, 0.6) is 0 Å². The van der Waals surface area contributed by atoms with E-state index in [1.165, 1.54) is 0 Å². The smallest absolute Gasteiger partial charge is 0.225 e. The van der Waals surface area contributed by atoms with E-state index in [0.717, 1.165) is 22.4 Å². The fourth-order valence-electron chi connectivity index (χ4n) is 4.00. The van der Waals surface area contributed by atoms with Gasteiger partial charge in [0.15, 0.2) is 0 Å². The van der Waals surface area contributed by atoms with E-state index in [9.17, 15) is 15.3 Å². The number of nitrogens with zero attached hydrogens (tertiary/aromatic N) is 1. The molecule has 0 aromatic heterocycles. The Morgan fingerprint density at radius 1 is 1.16 bits per heavy atom. The predicted octanol–water partition coefficient (Wildman–Crippen LogP) is 2.36. The normalized spacial score (nSPS) is 30.5. The monoisotopic (exact) mass is 447 g/mol. The summed E-state index contributed by atoms with van der Waals surface area (Å²) in [5.74, 6) is -1.53. The Balaban J connectivity index is 1.58. The lowest BCUT2D eigenvalue weighted by Crippen LogP contribution is -2.58. The van der Waals surface area contributed by atoms with Crippen molar-refractivity contribution in [3.8, 4) is 0 Å². The van der Waals surface area contributed by atoms with Crippen molar-refractivity contribution in [1.29, 1.82) is 0 Å². The fourth-order valence-corrected chi connectivity index (χ4v) is 4.19. The highest BCUT2D eigenvalue weighted by Gasteiger charge is 2.60. The molecule has 4 rings (SSSR count). The van der Waals surface area contributed by atoms with Gasteiger partial charge in [-0.25, -0.2) is 0 Å². The Kier molecular flexibility index (Phi) is 6.35. The Morgan fingerprint density at radius 3 is 2.61 bits per heavy atom. The van der Waals surface area contributed by atoms with E-state index < -0.39 is 30.2 Å². The van der Waals surface area contributed by atoms with Crippen LogP contribution in [-0.4, -0.2) is 58.7 Å². The Labute approximate surface area is 185 Å². The van der Waals surface area contributed by atoms with Crippen molar-refractivity contribution in [2.45, 2.75) is 50.5 Å². The molecule has 0 amide bonds. The van der Waals surface area contributed by atoms with Gasteiger partial charge < -0.3 is 29.6 Å². The van der Waals surface area contributed by atoms with Gasteiger partial charge >= 0.3 is 0 Å². The van der Waals surface area contributed by atoms with Crippen molar-refractivity contribution in [3.05, 3.63) is 69.7 Å². The van der Waals surface area contributed by atoms with Gasteiger partial charge in [0.1, 0.15) is 31.0 Å². The van der Waals surface area contributed by atoms with Gasteiger partial charge in [-0.1, -0.05) is 47.1 Å². The predicted molar refractivity (Wildman–Crippen MR) is 115 cm³/mol. The zero-order chi connectivity index (χ0) is 22.2. The first-order valence-corrected chi connectivity index (χ1v) is 10.6. The Bertz CT molecular complexity index is 965. The van der Waals surface area contributed by atoms with E-state index in [1.807, 2.05) is 44.2 Å². The molecule has 2 aliphatic heterocycles. The summed E-state index contributed by atoms with van der Waals surface area (Å²) in [4.78, 5) is 5.10. The van der Waals surface area contributed by atoms with Crippen LogP contribution in [0.1, 0.15) is 36.1 Å². The van der Waals surface area contributed by atoms with Crippen LogP contribution in [0.4, 0.5) is 0 Å². The highest BCUT2D eigenvalue weighted by atomic mass is 35.5. The average molecular weight is 448 g/mol. The maximum atomic E-state index is 10.6. The summed E-state index contributed by atoms with van der Waals surface area (Å²) in [5.41, 5.74) is 4.17. The van der Waals surface area contributed by atoms with Crippen LogP contribution in [-0.2, 0) is 26.5 Å². The molecule has 5 atom stereocenters. The van der Waals surface area contributed by atoms with Gasteiger partial charge in [0, 0.05) is 10.6 Å². The second kappa shape index (κ2) is 8.86. The number of hydrogen-bond acceptors (Lipinski definition) is 7. The molecule has 2 fully saturated rings. The lowest BCUT2D eigenvalue weighted by molar-refractivity contribution is -0.302. The first kappa shape index (κ1) is 22.2. The minimum Gasteiger partial charge on any atom is -0.396 e. The quantitative estimate of drug-likeness (QED) is 0.464. The maximum absolute atomic E-state index is 10.6. The number of halogens is 1. The summed E-state index contributed by atoms with van der Waals surface area (Å²) < 4.78 is 11.6. The number of hydrogen-bond donors (Lipinski definition) is 3. The van der Waals surface area contributed by atoms with Gasteiger partial charge in [-0.05, 0) is 49.1 Å². The molecule has 7 nitrogen and oxygen atoms in total. The second-order valence-corrected chi connectivity index (χ2v) is 8.24. The molecule has 3 N–H and O–H groups in total. The van der Waals surface area contributed by atoms with E-state index in [-0.39, 0.29) is 6.61 Å². The largest absolute Gasteiger partial charge is 0.396 e. The highest BCUT2D eigenvalue weighted by Crippen LogP contribution is 2.45. The molecule has 2 heterocycles. The number of aliphatic hydroxyl groups excluding tert-OH is 3. The molecular formula is C23H26ClNO6. The van der Waals surface area contributed by atoms with Gasteiger partial charge in [-0.2, -0.15) is 0 Å². The van der Waals surface area contributed by atoms with E-state index in [2.05, 4.69) is 5.16 Å². The third-order valence-corrected chi connectivity index (χ3v) is 6.15. The molecule has 0 saturated carbocycles. The molecule has 0 spiro atoms. The molecule has 166 valence electrons. The van der Waals surface area contributed by atoms with Crippen LogP contribution in [0.2, 0.25) is 5.02 Å². The first-order valence-electron chi connectivity index (χ1n) is 10.3. The third-order valence-electron chi connectivity index (χ3n) is 5.78. The van der Waals surface area contributed by atoms with Crippen molar-refractivity contribution >= 4 is 17.3 Å². The Morgan fingerprint density at radius 2 is 1.90 bits per heavy atom. The van der Waals surface area contributed by atoms with Crippen LogP contribution < -0.4 is 0 Å². The standard InChI is InChI=1S/C23H26ClNO6/c1-3-30-25-13(2)15-6-4-14(5-7-15)10-16-11-17(8-9-18(16)24)23-22(28)21(27)20(26)19(31-23)12-29-23/h4-9,11,19-22,26-28H,3,10,12H2,1-2H3. The van der Waals surface area contributed by atoms with Crippen LogP contribution >= 0.6 is 11.6 Å². The van der Waals surface area contributed by atoms with E-state index in [0.29, 0.717) is 23.6 Å². The van der Waals surface area contributed by atoms with E-state index in [4.69, 9.17) is 25.9 Å². The topological polar surface area (TPSA) is 101 Å². The van der Waals surface area contributed by atoms with Crippen molar-refractivity contribution < 1.29 is 29.6 Å². The first-order chi connectivity index (χ1) is 14.9. The van der Waals surface area contributed by atoms with Gasteiger partial charge in [-0.15, -0.1) is 0 Å². The van der Waals surface area contributed by atoms with Crippen LogP contribution in [0, 0.1) is 0 Å². The molecular weight excluding hydrogens is 422 g/mol. The lowest BCUT2D eigenvalue weighted by atomic mass is 9.88. The highest BCUT2D eigenvalue weighted by molar-refractivity contribution is 6.31. The van der Waals surface area contributed by atoms with Crippen LogP contribution in [0.15, 0.2) is 47.6 Å². The minimum atomic E-state index is -1.53. The summed E-state index contributed by atoms with van der Waals surface area (Å²) in [7, 11) is 0. The summed E-state index contributed by atoms with van der Waals surface area (Å²) in [5, 5.41) is 35.5. The molecule has 0 aliphatic carbocycles. The van der Waals surface area contributed by atoms with Crippen molar-refractivity contribution in [2.24, 2.45) is 5.16 Å². The number of oxime groups is 1. The van der Waals surface area contributed by atoms with Gasteiger partial charge in [0.2, 0.25) is 5.79 Å². The van der Waals surface area contributed by atoms with Crippen molar-refractivity contribution in [3.63, 3.8) is 0 Å². The second-order valence-electron chi connectivity index (χ2n) is 7.84. The van der Waals surface area contributed by atoms with Crippen LogP contribution in [0.25, 0.3) is 0 Å². The number of rotatable bonds is 6. The molecule has 5 unspecified atom stereocenters. The summed E-state index contributed by atoms with van der Waals surface area (Å²) in [6, 6.07) is 13.2.